The van der Waals surface area contributed by atoms with Crippen molar-refractivity contribution >= 4 is 5.82 Å². The summed E-state index contributed by atoms with van der Waals surface area (Å²) >= 11 is 0. The highest BCUT2D eigenvalue weighted by molar-refractivity contribution is 5.73. The van der Waals surface area contributed by atoms with Crippen molar-refractivity contribution in [2.75, 3.05) is 26.0 Å². The maximum absolute atomic E-state index is 5.60. The molecule has 0 radical (unpaired) electrons. The molecule has 2 heterocycles. The fourth-order valence-electron chi connectivity index (χ4n) is 4.02. The van der Waals surface area contributed by atoms with Crippen LogP contribution in [0.25, 0.3) is 11.1 Å². The molecule has 3 aromatic rings. The molecule has 5 heteroatoms. The third-order valence-electron chi connectivity index (χ3n) is 5.40. The van der Waals surface area contributed by atoms with Gasteiger partial charge in [-0.2, -0.15) is 0 Å². The normalized spacial score (nSPS) is 16.9. The summed E-state index contributed by atoms with van der Waals surface area (Å²) in [5, 5.41) is 3.09. The first kappa shape index (κ1) is 18.4. The maximum Gasteiger partial charge on any atom is 0.144 e. The van der Waals surface area contributed by atoms with Gasteiger partial charge >= 0.3 is 0 Å². The van der Waals surface area contributed by atoms with E-state index in [1.165, 1.54) is 17.5 Å². The first-order valence-corrected chi connectivity index (χ1v) is 9.75. The molecular weight excluding hydrogens is 348 g/mol. The van der Waals surface area contributed by atoms with Crippen molar-refractivity contribution in [2.45, 2.75) is 25.4 Å². The number of para-hydroxylation sites is 1. The second-order valence-corrected chi connectivity index (χ2v) is 7.07. The molecule has 2 aromatic carbocycles. The predicted octanol–water partition coefficient (Wildman–Crippen LogP) is 4.53. The largest absolute Gasteiger partial charge is 0.496 e. The molecule has 0 bridgehead atoms. The quantitative estimate of drug-likeness (QED) is 0.687. The van der Waals surface area contributed by atoms with E-state index in [-0.39, 0.29) is 0 Å². The van der Waals surface area contributed by atoms with Crippen LogP contribution in [0.2, 0.25) is 0 Å². The van der Waals surface area contributed by atoms with Gasteiger partial charge < -0.3 is 10.1 Å². The molecule has 0 amide bonds. The molecule has 1 unspecified atom stereocenters. The van der Waals surface area contributed by atoms with Crippen LogP contribution in [0.3, 0.4) is 0 Å². The zero-order valence-electron chi connectivity index (χ0n) is 16.4. The highest BCUT2D eigenvalue weighted by atomic mass is 16.5. The molecule has 1 saturated heterocycles. The molecule has 5 nitrogen and oxygen atoms in total. The van der Waals surface area contributed by atoms with Crippen LogP contribution in [0.4, 0.5) is 5.82 Å². The molecule has 0 spiro atoms. The van der Waals surface area contributed by atoms with Gasteiger partial charge in [-0.05, 0) is 36.6 Å². The summed E-state index contributed by atoms with van der Waals surface area (Å²) in [5.41, 5.74) is 4.70. The molecule has 1 aliphatic rings. The summed E-state index contributed by atoms with van der Waals surface area (Å²) in [6.07, 6.45) is 5.95. The Morgan fingerprint density at radius 3 is 2.68 bits per heavy atom. The minimum Gasteiger partial charge on any atom is -0.496 e. The van der Waals surface area contributed by atoms with Crippen LogP contribution in [0.15, 0.2) is 60.9 Å². The lowest BCUT2D eigenvalue weighted by molar-refractivity contribution is 0.244. The van der Waals surface area contributed by atoms with Crippen LogP contribution in [-0.4, -0.2) is 35.6 Å². The number of likely N-dealkylation sites (tertiary alicyclic amines) is 1. The molecule has 0 saturated carbocycles. The number of anilines is 1. The maximum atomic E-state index is 5.60. The van der Waals surface area contributed by atoms with E-state index >= 15 is 0 Å². The number of rotatable bonds is 6. The lowest BCUT2D eigenvalue weighted by Crippen LogP contribution is -2.24. The molecule has 1 N–H and O–H groups in total. The Kier molecular flexibility index (Phi) is 5.53. The molecule has 1 atom stereocenters. The monoisotopic (exact) mass is 374 g/mol. The van der Waals surface area contributed by atoms with E-state index in [0.29, 0.717) is 6.04 Å². The number of aromatic nitrogens is 2. The van der Waals surface area contributed by atoms with Crippen molar-refractivity contribution in [3.8, 4) is 16.9 Å². The first-order chi connectivity index (χ1) is 13.8. The molecule has 28 heavy (non-hydrogen) atoms. The van der Waals surface area contributed by atoms with Crippen LogP contribution in [0.5, 0.6) is 5.75 Å². The molecule has 1 aromatic heterocycles. The zero-order valence-corrected chi connectivity index (χ0v) is 16.4. The van der Waals surface area contributed by atoms with Crippen LogP contribution < -0.4 is 10.1 Å². The molecule has 1 aliphatic heterocycles. The van der Waals surface area contributed by atoms with E-state index in [1.54, 1.807) is 13.3 Å². The Bertz CT molecular complexity index is 943. The third-order valence-corrected chi connectivity index (χ3v) is 5.40. The van der Waals surface area contributed by atoms with Crippen molar-refractivity contribution < 1.29 is 4.74 Å². The third kappa shape index (κ3) is 3.71. The SMILES string of the molecule is CNc1cncc(C2CCCN2Cc2ccccc2-c2ccccc2OC)n1. The van der Waals surface area contributed by atoms with Crippen molar-refractivity contribution in [3.05, 3.63) is 72.2 Å². The first-order valence-electron chi connectivity index (χ1n) is 9.75. The minimum atomic E-state index is 0.298. The number of nitrogens with zero attached hydrogens (tertiary/aromatic N) is 3. The van der Waals surface area contributed by atoms with E-state index in [1.807, 2.05) is 25.4 Å². The smallest absolute Gasteiger partial charge is 0.144 e. The minimum absolute atomic E-state index is 0.298. The van der Waals surface area contributed by atoms with Gasteiger partial charge in [-0.3, -0.25) is 9.88 Å². The lowest BCUT2D eigenvalue weighted by atomic mass is 9.98. The summed E-state index contributed by atoms with van der Waals surface area (Å²) in [4.78, 5) is 11.6. The molecule has 0 aliphatic carbocycles. The summed E-state index contributed by atoms with van der Waals surface area (Å²) in [6.45, 7) is 1.95. The summed E-state index contributed by atoms with van der Waals surface area (Å²) < 4.78 is 5.60. The van der Waals surface area contributed by atoms with Crippen LogP contribution in [0, 0.1) is 0 Å². The van der Waals surface area contributed by atoms with Gasteiger partial charge in [0.2, 0.25) is 0 Å². The fourth-order valence-corrected chi connectivity index (χ4v) is 4.02. The molecule has 1 fully saturated rings. The Morgan fingerprint density at radius 1 is 1.07 bits per heavy atom. The number of hydrogen-bond donors (Lipinski definition) is 1. The summed E-state index contributed by atoms with van der Waals surface area (Å²) in [5.74, 6) is 1.72. The van der Waals surface area contributed by atoms with Gasteiger partial charge in [-0.1, -0.05) is 42.5 Å². The number of nitrogens with one attached hydrogen (secondary N) is 1. The Hall–Kier alpha value is -2.92. The van der Waals surface area contributed by atoms with Gasteiger partial charge in [0.1, 0.15) is 11.6 Å². The second-order valence-electron chi connectivity index (χ2n) is 7.07. The highest BCUT2D eigenvalue weighted by Gasteiger charge is 2.28. The van der Waals surface area contributed by atoms with Crippen molar-refractivity contribution in [2.24, 2.45) is 0 Å². The molecule has 4 rings (SSSR count). The van der Waals surface area contributed by atoms with Crippen LogP contribution in [0.1, 0.15) is 30.1 Å². The van der Waals surface area contributed by atoms with Gasteiger partial charge in [-0.25, -0.2) is 4.98 Å². The second kappa shape index (κ2) is 8.40. The Labute approximate surface area is 166 Å². The standard InChI is InChI=1S/C23H26N4O/c1-24-23-15-25-14-20(26-23)21-11-7-13-27(21)16-17-8-3-4-9-18(17)19-10-5-6-12-22(19)28-2/h3-6,8-10,12,14-15,21H,7,11,13,16H2,1-2H3,(H,24,26). The van der Waals surface area contributed by atoms with Gasteiger partial charge in [0.05, 0.1) is 31.2 Å². The van der Waals surface area contributed by atoms with E-state index in [4.69, 9.17) is 9.72 Å². The topological polar surface area (TPSA) is 50.3 Å². The van der Waals surface area contributed by atoms with Crippen LogP contribution in [-0.2, 0) is 6.54 Å². The average molecular weight is 374 g/mol. The zero-order chi connectivity index (χ0) is 19.3. The number of methoxy groups -OCH3 is 1. The van der Waals surface area contributed by atoms with Crippen molar-refractivity contribution in [1.29, 1.82) is 0 Å². The van der Waals surface area contributed by atoms with E-state index in [0.717, 1.165) is 42.3 Å². The highest BCUT2D eigenvalue weighted by Crippen LogP contribution is 2.36. The van der Waals surface area contributed by atoms with E-state index in [9.17, 15) is 0 Å². The Morgan fingerprint density at radius 2 is 1.86 bits per heavy atom. The van der Waals surface area contributed by atoms with Gasteiger partial charge in [-0.15, -0.1) is 0 Å². The fraction of sp³-hybridized carbons (Fsp3) is 0.304. The van der Waals surface area contributed by atoms with Gasteiger partial charge in [0.15, 0.2) is 0 Å². The number of benzene rings is 2. The number of hydrogen-bond acceptors (Lipinski definition) is 5. The molecular formula is C23H26N4O. The molecule has 144 valence electrons. The lowest BCUT2D eigenvalue weighted by Gasteiger charge is -2.25. The van der Waals surface area contributed by atoms with Crippen LogP contribution >= 0.6 is 0 Å². The van der Waals surface area contributed by atoms with Gasteiger partial charge in [0.25, 0.3) is 0 Å². The summed E-state index contributed by atoms with van der Waals surface area (Å²) in [6, 6.07) is 17.1. The average Bonchev–Trinajstić information content (AvgIpc) is 3.22. The predicted molar refractivity (Wildman–Crippen MR) is 112 cm³/mol. The van der Waals surface area contributed by atoms with Gasteiger partial charge in [0, 0.05) is 19.2 Å². The number of ether oxygens (including phenoxy) is 1. The van der Waals surface area contributed by atoms with Crippen molar-refractivity contribution in [3.63, 3.8) is 0 Å². The Balaban J connectivity index is 1.64. The van der Waals surface area contributed by atoms with Crippen molar-refractivity contribution in [1.82, 2.24) is 14.9 Å². The summed E-state index contributed by atoms with van der Waals surface area (Å²) in [7, 11) is 3.61. The van der Waals surface area contributed by atoms with E-state index < -0.39 is 0 Å². The van der Waals surface area contributed by atoms with E-state index in [2.05, 4.69) is 51.6 Å².